The van der Waals surface area contributed by atoms with Crippen LogP contribution in [0.15, 0.2) is 30.5 Å². The predicted molar refractivity (Wildman–Crippen MR) is 108 cm³/mol. The van der Waals surface area contributed by atoms with Crippen LogP contribution in [-0.4, -0.2) is 25.8 Å². The largest absolute Gasteiger partial charge is 0.365 e. The molecule has 3 aromatic rings. The van der Waals surface area contributed by atoms with E-state index in [-0.39, 0.29) is 12.4 Å². The fraction of sp³-hybridized carbons (Fsp3) is 0.389. The lowest BCUT2D eigenvalue weighted by Crippen LogP contribution is -2.17. The molecular weight excluding hydrogens is 371 g/mol. The van der Waals surface area contributed by atoms with Crippen molar-refractivity contribution in [1.29, 1.82) is 0 Å². The summed E-state index contributed by atoms with van der Waals surface area (Å²) in [4.78, 5) is 9.34. The van der Waals surface area contributed by atoms with Crippen LogP contribution in [0.4, 0.5) is 11.8 Å². The molecule has 0 spiro atoms. The van der Waals surface area contributed by atoms with E-state index in [2.05, 4.69) is 20.7 Å². The van der Waals surface area contributed by atoms with Crippen LogP contribution in [0.25, 0.3) is 11.0 Å². The standard InChI is InChI=1S/C18H21ClN6.ClH/c1-25-17-14(11-21-25)16(20-10-12-6-2-5-9-15(12)19)23-18(24-17)22-13-7-3-4-8-13;/h2,5-6,9,11,13H,3-4,7-8,10H2,1H3,(H2,20,22,23,24);1H. The number of anilines is 2. The van der Waals surface area contributed by atoms with Crippen LogP contribution < -0.4 is 10.6 Å². The van der Waals surface area contributed by atoms with Gasteiger partial charge in [0.15, 0.2) is 5.65 Å². The Morgan fingerprint density at radius 1 is 1.19 bits per heavy atom. The van der Waals surface area contributed by atoms with Crippen LogP contribution in [0, 0.1) is 0 Å². The number of halogens is 2. The molecule has 1 aromatic carbocycles. The monoisotopic (exact) mass is 392 g/mol. The second kappa shape index (κ2) is 8.10. The van der Waals surface area contributed by atoms with E-state index in [0.29, 0.717) is 18.5 Å². The Labute approximate surface area is 163 Å². The molecule has 2 N–H and O–H groups in total. The van der Waals surface area contributed by atoms with Gasteiger partial charge in [0, 0.05) is 24.7 Å². The summed E-state index contributed by atoms with van der Waals surface area (Å²) < 4.78 is 1.78. The van der Waals surface area contributed by atoms with Gasteiger partial charge in [0.05, 0.1) is 11.6 Å². The van der Waals surface area contributed by atoms with Crippen molar-refractivity contribution in [1.82, 2.24) is 19.7 Å². The summed E-state index contributed by atoms with van der Waals surface area (Å²) in [6.45, 7) is 0.601. The molecule has 1 saturated carbocycles. The topological polar surface area (TPSA) is 67.7 Å². The minimum absolute atomic E-state index is 0. The van der Waals surface area contributed by atoms with Crippen LogP contribution >= 0.6 is 24.0 Å². The fourth-order valence-corrected chi connectivity index (χ4v) is 3.50. The Morgan fingerprint density at radius 2 is 1.96 bits per heavy atom. The third kappa shape index (κ3) is 3.86. The van der Waals surface area contributed by atoms with Crippen molar-refractivity contribution in [3.05, 3.63) is 41.0 Å². The second-order valence-electron chi connectivity index (χ2n) is 6.47. The van der Waals surface area contributed by atoms with Gasteiger partial charge in [-0.25, -0.2) is 0 Å². The highest BCUT2D eigenvalue weighted by Gasteiger charge is 2.18. The predicted octanol–water partition coefficient (Wildman–Crippen LogP) is 4.41. The molecule has 0 bridgehead atoms. The molecule has 0 aliphatic heterocycles. The molecule has 0 saturated heterocycles. The summed E-state index contributed by atoms with van der Waals surface area (Å²) in [5, 5.41) is 12.8. The van der Waals surface area contributed by atoms with Gasteiger partial charge < -0.3 is 10.6 Å². The minimum atomic E-state index is 0. The van der Waals surface area contributed by atoms with E-state index < -0.39 is 0 Å². The Morgan fingerprint density at radius 3 is 2.73 bits per heavy atom. The van der Waals surface area contributed by atoms with Crippen molar-refractivity contribution < 1.29 is 0 Å². The van der Waals surface area contributed by atoms with Crippen molar-refractivity contribution in [3.8, 4) is 0 Å². The maximum Gasteiger partial charge on any atom is 0.226 e. The number of nitrogens with zero attached hydrogens (tertiary/aromatic N) is 4. The van der Waals surface area contributed by atoms with Crippen LogP contribution in [0.5, 0.6) is 0 Å². The molecule has 0 unspecified atom stereocenters. The van der Waals surface area contributed by atoms with Gasteiger partial charge in [0.1, 0.15) is 5.82 Å². The Kier molecular flexibility index (Phi) is 5.84. The Hall–Kier alpha value is -2.05. The first kappa shape index (κ1) is 18.7. The van der Waals surface area contributed by atoms with Gasteiger partial charge in [0.25, 0.3) is 0 Å². The van der Waals surface area contributed by atoms with E-state index in [1.165, 1.54) is 25.7 Å². The van der Waals surface area contributed by atoms with E-state index in [1.807, 2.05) is 31.3 Å². The normalized spacial score (nSPS) is 14.4. The number of fused-ring (bicyclic) bond motifs is 1. The second-order valence-corrected chi connectivity index (χ2v) is 6.88. The van der Waals surface area contributed by atoms with Gasteiger partial charge in [-0.1, -0.05) is 42.6 Å². The highest BCUT2D eigenvalue weighted by atomic mass is 35.5. The zero-order valence-corrected chi connectivity index (χ0v) is 16.1. The zero-order valence-electron chi connectivity index (χ0n) is 14.6. The molecule has 8 heteroatoms. The summed E-state index contributed by atoms with van der Waals surface area (Å²) in [6, 6.07) is 8.27. The lowest BCUT2D eigenvalue weighted by Gasteiger charge is -2.14. The molecule has 1 aliphatic carbocycles. The molecule has 26 heavy (non-hydrogen) atoms. The molecular formula is C18H22Cl2N6. The van der Waals surface area contributed by atoms with Crippen LogP contribution in [0.1, 0.15) is 31.2 Å². The number of benzene rings is 1. The van der Waals surface area contributed by atoms with Crippen LogP contribution in [0.3, 0.4) is 0 Å². The highest BCUT2D eigenvalue weighted by Crippen LogP contribution is 2.26. The van der Waals surface area contributed by atoms with Crippen molar-refractivity contribution in [2.75, 3.05) is 10.6 Å². The minimum Gasteiger partial charge on any atom is -0.365 e. The van der Waals surface area contributed by atoms with Crippen molar-refractivity contribution >= 4 is 46.8 Å². The van der Waals surface area contributed by atoms with Gasteiger partial charge in [-0.05, 0) is 24.5 Å². The first-order valence-electron chi connectivity index (χ1n) is 8.64. The summed E-state index contributed by atoms with van der Waals surface area (Å²) in [5.74, 6) is 1.43. The molecule has 0 amide bonds. The molecule has 1 fully saturated rings. The number of aromatic nitrogens is 4. The van der Waals surface area contributed by atoms with Crippen LogP contribution in [-0.2, 0) is 13.6 Å². The third-order valence-electron chi connectivity index (χ3n) is 4.68. The van der Waals surface area contributed by atoms with E-state index in [1.54, 1.807) is 10.9 Å². The number of aryl methyl sites for hydroxylation is 1. The molecule has 2 aromatic heterocycles. The maximum absolute atomic E-state index is 6.26. The van der Waals surface area contributed by atoms with Crippen molar-refractivity contribution in [2.45, 2.75) is 38.3 Å². The highest BCUT2D eigenvalue weighted by molar-refractivity contribution is 6.31. The SMILES string of the molecule is Cl.Cn1ncc2c(NCc3ccccc3Cl)nc(NC3CCCC3)nc21. The Balaban J connectivity index is 0.00000196. The number of hydrogen-bond donors (Lipinski definition) is 2. The number of hydrogen-bond acceptors (Lipinski definition) is 5. The fourth-order valence-electron chi connectivity index (χ4n) is 3.29. The summed E-state index contributed by atoms with van der Waals surface area (Å²) >= 11 is 6.26. The summed E-state index contributed by atoms with van der Waals surface area (Å²) in [6.07, 6.45) is 6.68. The maximum atomic E-state index is 6.26. The van der Waals surface area contributed by atoms with E-state index in [9.17, 15) is 0 Å². The average molecular weight is 393 g/mol. The number of nitrogens with one attached hydrogen (secondary N) is 2. The third-order valence-corrected chi connectivity index (χ3v) is 5.05. The van der Waals surface area contributed by atoms with Crippen molar-refractivity contribution in [3.63, 3.8) is 0 Å². The summed E-state index contributed by atoms with van der Waals surface area (Å²) in [7, 11) is 1.90. The Bertz CT molecular complexity index is 889. The zero-order chi connectivity index (χ0) is 17.2. The first-order valence-corrected chi connectivity index (χ1v) is 9.02. The number of rotatable bonds is 5. The lowest BCUT2D eigenvalue weighted by molar-refractivity contribution is 0.741. The smallest absolute Gasteiger partial charge is 0.226 e. The molecule has 138 valence electrons. The van der Waals surface area contributed by atoms with E-state index in [4.69, 9.17) is 16.6 Å². The summed E-state index contributed by atoms with van der Waals surface area (Å²) in [5.41, 5.74) is 1.85. The van der Waals surface area contributed by atoms with Gasteiger partial charge >= 0.3 is 0 Å². The molecule has 0 radical (unpaired) electrons. The van der Waals surface area contributed by atoms with Crippen molar-refractivity contribution in [2.24, 2.45) is 7.05 Å². The van der Waals surface area contributed by atoms with Gasteiger partial charge in [-0.3, -0.25) is 4.68 Å². The van der Waals surface area contributed by atoms with E-state index >= 15 is 0 Å². The quantitative estimate of drug-likeness (QED) is 0.672. The van der Waals surface area contributed by atoms with Gasteiger partial charge in [-0.15, -0.1) is 12.4 Å². The van der Waals surface area contributed by atoms with Gasteiger partial charge in [0.2, 0.25) is 5.95 Å². The lowest BCUT2D eigenvalue weighted by atomic mass is 10.2. The van der Waals surface area contributed by atoms with E-state index in [0.717, 1.165) is 27.4 Å². The molecule has 4 rings (SSSR count). The molecule has 1 aliphatic rings. The van der Waals surface area contributed by atoms with Crippen LogP contribution in [0.2, 0.25) is 5.02 Å². The van der Waals surface area contributed by atoms with Gasteiger partial charge in [-0.2, -0.15) is 15.1 Å². The molecule has 6 nitrogen and oxygen atoms in total. The molecule has 2 heterocycles. The first-order chi connectivity index (χ1) is 12.2. The average Bonchev–Trinajstić information content (AvgIpc) is 3.25. The molecule has 0 atom stereocenters.